The largest absolute Gasteiger partial charge is 0.444 e. The summed E-state index contributed by atoms with van der Waals surface area (Å²) in [5.74, 6) is 2.35. The molecule has 0 saturated carbocycles. The molecule has 1 N–H and O–H groups in total. The first-order valence-corrected chi connectivity index (χ1v) is 6.15. The highest BCUT2D eigenvalue weighted by Crippen LogP contribution is 2.16. The van der Waals surface area contributed by atoms with Crippen LogP contribution in [0.1, 0.15) is 23.0 Å². The van der Waals surface area contributed by atoms with Crippen LogP contribution in [-0.2, 0) is 6.54 Å². The third kappa shape index (κ3) is 3.06. The number of anilines is 1. The first-order chi connectivity index (χ1) is 8.04. The molecule has 0 saturated heterocycles. The fourth-order valence-electron chi connectivity index (χ4n) is 1.50. The number of hydrogen-bond acceptors (Lipinski definition) is 4. The van der Waals surface area contributed by atoms with E-state index >= 15 is 0 Å². The molecule has 0 fully saturated rings. The third-order valence-electron chi connectivity index (χ3n) is 2.41. The summed E-state index contributed by atoms with van der Waals surface area (Å²) >= 11 is 3.44. The second kappa shape index (κ2) is 4.87. The zero-order valence-corrected chi connectivity index (χ0v) is 11.6. The minimum absolute atomic E-state index is 0.539. The van der Waals surface area contributed by atoms with E-state index in [0.29, 0.717) is 12.4 Å². The molecule has 0 aliphatic carbocycles. The second-order valence-electron chi connectivity index (χ2n) is 3.91. The van der Waals surface area contributed by atoms with Crippen LogP contribution in [0.2, 0.25) is 0 Å². The number of halogens is 1. The number of nitrogens with one attached hydrogen (secondary N) is 1. The van der Waals surface area contributed by atoms with Crippen LogP contribution in [0.15, 0.2) is 21.0 Å². The Morgan fingerprint density at radius 2 is 2.00 bits per heavy atom. The molecule has 2 heterocycles. The van der Waals surface area contributed by atoms with Crippen LogP contribution in [0.4, 0.5) is 5.82 Å². The van der Waals surface area contributed by atoms with E-state index in [1.165, 1.54) is 0 Å². The van der Waals surface area contributed by atoms with Crippen molar-refractivity contribution in [1.29, 1.82) is 0 Å². The number of nitrogens with zero attached hydrogens (tertiary/aromatic N) is 2. The maximum absolute atomic E-state index is 5.48. The standard InChI is InChI=1S/C12H14BrN3O/c1-7-4-10(13)5-11(15-7)14-6-12-16-8(2)9(3)17-12/h4-5H,6H2,1-3H3,(H,14,15). The van der Waals surface area contributed by atoms with E-state index in [1.807, 2.05) is 32.9 Å². The summed E-state index contributed by atoms with van der Waals surface area (Å²) in [4.78, 5) is 8.67. The van der Waals surface area contributed by atoms with Gasteiger partial charge in [0, 0.05) is 10.2 Å². The highest BCUT2D eigenvalue weighted by atomic mass is 79.9. The Morgan fingerprint density at radius 3 is 2.59 bits per heavy atom. The van der Waals surface area contributed by atoms with Crippen LogP contribution in [0.3, 0.4) is 0 Å². The maximum Gasteiger partial charge on any atom is 0.213 e. The van der Waals surface area contributed by atoms with Gasteiger partial charge < -0.3 is 9.73 Å². The van der Waals surface area contributed by atoms with Crippen LogP contribution in [0, 0.1) is 20.8 Å². The third-order valence-corrected chi connectivity index (χ3v) is 2.87. The summed E-state index contributed by atoms with van der Waals surface area (Å²) in [6.45, 7) is 6.34. The fraction of sp³-hybridized carbons (Fsp3) is 0.333. The topological polar surface area (TPSA) is 51.0 Å². The monoisotopic (exact) mass is 295 g/mol. The van der Waals surface area contributed by atoms with Crippen molar-refractivity contribution in [2.45, 2.75) is 27.3 Å². The molecule has 0 unspecified atom stereocenters. The predicted octanol–water partition coefficient (Wildman–Crippen LogP) is 3.37. The Morgan fingerprint density at radius 1 is 1.24 bits per heavy atom. The molecule has 90 valence electrons. The molecule has 5 heteroatoms. The number of rotatable bonds is 3. The summed E-state index contributed by atoms with van der Waals surface area (Å²) in [6.07, 6.45) is 0. The summed E-state index contributed by atoms with van der Waals surface area (Å²) in [5, 5.41) is 3.19. The molecule has 0 spiro atoms. The molecule has 4 nitrogen and oxygen atoms in total. The fourth-order valence-corrected chi connectivity index (χ4v) is 2.05. The van der Waals surface area contributed by atoms with Crippen LogP contribution in [0.5, 0.6) is 0 Å². The highest BCUT2D eigenvalue weighted by Gasteiger charge is 2.05. The molecule has 0 bridgehead atoms. The van der Waals surface area contributed by atoms with E-state index in [1.54, 1.807) is 0 Å². The van der Waals surface area contributed by atoms with Gasteiger partial charge in [-0.1, -0.05) is 15.9 Å². The van der Waals surface area contributed by atoms with Crippen molar-refractivity contribution >= 4 is 21.7 Å². The minimum atomic E-state index is 0.539. The number of oxazole rings is 1. The van der Waals surface area contributed by atoms with Gasteiger partial charge >= 0.3 is 0 Å². The van der Waals surface area contributed by atoms with Gasteiger partial charge in [0.25, 0.3) is 0 Å². The van der Waals surface area contributed by atoms with Crippen molar-refractivity contribution in [3.8, 4) is 0 Å². The van der Waals surface area contributed by atoms with Gasteiger partial charge in [0.15, 0.2) is 0 Å². The van der Waals surface area contributed by atoms with Crippen molar-refractivity contribution in [3.05, 3.63) is 39.6 Å². The van der Waals surface area contributed by atoms with Crippen molar-refractivity contribution in [2.24, 2.45) is 0 Å². The minimum Gasteiger partial charge on any atom is -0.444 e. The van der Waals surface area contributed by atoms with Gasteiger partial charge in [-0.15, -0.1) is 0 Å². The second-order valence-corrected chi connectivity index (χ2v) is 4.83. The first kappa shape index (κ1) is 12.1. The average molecular weight is 296 g/mol. The number of pyridine rings is 1. The van der Waals surface area contributed by atoms with Crippen molar-refractivity contribution in [1.82, 2.24) is 9.97 Å². The number of hydrogen-bond donors (Lipinski definition) is 1. The molecule has 0 radical (unpaired) electrons. The van der Waals surface area contributed by atoms with Gasteiger partial charge in [0.2, 0.25) is 5.89 Å². The SMILES string of the molecule is Cc1cc(Br)cc(NCc2nc(C)c(C)o2)n1. The highest BCUT2D eigenvalue weighted by molar-refractivity contribution is 9.10. The van der Waals surface area contributed by atoms with E-state index in [0.717, 1.165) is 27.4 Å². The zero-order valence-electron chi connectivity index (χ0n) is 10.0. The summed E-state index contributed by atoms with van der Waals surface area (Å²) in [5.41, 5.74) is 1.89. The quantitative estimate of drug-likeness (QED) is 0.943. The predicted molar refractivity (Wildman–Crippen MR) is 70.0 cm³/mol. The summed E-state index contributed by atoms with van der Waals surface area (Å²) in [7, 11) is 0. The summed E-state index contributed by atoms with van der Waals surface area (Å²) < 4.78 is 6.49. The lowest BCUT2D eigenvalue weighted by Gasteiger charge is -2.04. The Kier molecular flexibility index (Phi) is 3.47. The molecule has 17 heavy (non-hydrogen) atoms. The van der Waals surface area contributed by atoms with Crippen molar-refractivity contribution < 1.29 is 4.42 Å². The van der Waals surface area contributed by atoms with Gasteiger partial charge in [0.1, 0.15) is 11.6 Å². The molecule has 2 aromatic heterocycles. The van der Waals surface area contributed by atoms with E-state index in [-0.39, 0.29) is 0 Å². The van der Waals surface area contributed by atoms with Crippen molar-refractivity contribution in [3.63, 3.8) is 0 Å². The van der Waals surface area contributed by atoms with Crippen molar-refractivity contribution in [2.75, 3.05) is 5.32 Å². The first-order valence-electron chi connectivity index (χ1n) is 5.35. The average Bonchev–Trinajstić information content (AvgIpc) is 2.54. The maximum atomic E-state index is 5.48. The van der Waals surface area contributed by atoms with Crippen LogP contribution >= 0.6 is 15.9 Å². The van der Waals surface area contributed by atoms with E-state index in [4.69, 9.17) is 4.42 Å². The van der Waals surface area contributed by atoms with Crippen LogP contribution < -0.4 is 5.32 Å². The lowest BCUT2D eigenvalue weighted by Crippen LogP contribution is -2.02. The van der Waals surface area contributed by atoms with Crippen LogP contribution in [-0.4, -0.2) is 9.97 Å². The molecule has 0 aliphatic heterocycles. The smallest absolute Gasteiger partial charge is 0.213 e. The van der Waals surface area contributed by atoms with Gasteiger partial charge in [0.05, 0.1) is 12.2 Å². The van der Waals surface area contributed by atoms with Gasteiger partial charge in [-0.3, -0.25) is 0 Å². The molecule has 2 aromatic rings. The van der Waals surface area contributed by atoms with E-state index in [2.05, 4.69) is 31.2 Å². The molecule has 0 amide bonds. The van der Waals surface area contributed by atoms with E-state index in [9.17, 15) is 0 Å². The Labute approximate surface area is 109 Å². The molecule has 0 aliphatic rings. The van der Waals surface area contributed by atoms with Gasteiger partial charge in [-0.25, -0.2) is 9.97 Å². The van der Waals surface area contributed by atoms with Gasteiger partial charge in [-0.2, -0.15) is 0 Å². The number of aromatic nitrogens is 2. The summed E-state index contributed by atoms with van der Waals surface area (Å²) in [6, 6.07) is 3.89. The molecular formula is C12H14BrN3O. The Hall–Kier alpha value is -1.36. The lowest BCUT2D eigenvalue weighted by atomic mass is 10.4. The Balaban J connectivity index is 2.07. The molecule has 0 aromatic carbocycles. The molecule has 2 rings (SSSR count). The molecular weight excluding hydrogens is 282 g/mol. The number of aryl methyl sites for hydroxylation is 3. The lowest BCUT2D eigenvalue weighted by molar-refractivity contribution is 0.478. The van der Waals surface area contributed by atoms with E-state index < -0.39 is 0 Å². The van der Waals surface area contributed by atoms with Gasteiger partial charge in [-0.05, 0) is 32.9 Å². The Bertz CT molecular complexity index is 497. The van der Waals surface area contributed by atoms with Crippen LogP contribution in [0.25, 0.3) is 0 Å². The normalized spacial score (nSPS) is 10.6. The zero-order chi connectivity index (χ0) is 12.4. The molecule has 0 atom stereocenters.